The van der Waals surface area contributed by atoms with Crippen LogP contribution in [0.25, 0.3) is 0 Å². The zero-order valence-electron chi connectivity index (χ0n) is 14.1. The highest BCUT2D eigenvalue weighted by atomic mass is 14.2. The van der Waals surface area contributed by atoms with E-state index in [2.05, 4.69) is 31.2 Å². The summed E-state index contributed by atoms with van der Waals surface area (Å²) in [5, 5.41) is 0. The molecule has 0 amide bonds. The van der Waals surface area contributed by atoms with E-state index in [0.717, 1.165) is 5.92 Å². The lowest BCUT2D eigenvalue weighted by atomic mass is 9.92. The second kappa shape index (κ2) is 10.0. The molecule has 0 N–H and O–H groups in total. The predicted molar refractivity (Wildman–Crippen MR) is 93.8 cm³/mol. The summed E-state index contributed by atoms with van der Waals surface area (Å²) in [6.45, 7) is 2.29. The molecule has 0 spiro atoms. The Labute approximate surface area is 132 Å². The Hall–Kier alpha value is -0.780. The Morgan fingerprint density at radius 1 is 0.810 bits per heavy atom. The van der Waals surface area contributed by atoms with E-state index in [1.807, 2.05) is 0 Å². The summed E-state index contributed by atoms with van der Waals surface area (Å²) in [6.07, 6.45) is 18.8. The van der Waals surface area contributed by atoms with Crippen LogP contribution in [0, 0.1) is 5.92 Å². The van der Waals surface area contributed by atoms with Gasteiger partial charge < -0.3 is 0 Å². The molecule has 3 rings (SSSR count). The Bertz CT molecular complexity index is 348. The standard InChI is InChI=1S/C11H22.C10H12/c1-2-3-4-5-8-11-9-6-7-10-11;1-2-6-10-8-4-3-7-9(10)5-1/h11H,2-10H2,1H3;1-2,5-6H,3-4,7-8H2. The average molecular weight is 287 g/mol. The van der Waals surface area contributed by atoms with Crippen LogP contribution in [0.4, 0.5) is 0 Å². The van der Waals surface area contributed by atoms with Gasteiger partial charge in [-0.15, -0.1) is 0 Å². The lowest BCUT2D eigenvalue weighted by molar-refractivity contribution is 0.467. The van der Waals surface area contributed by atoms with Crippen molar-refractivity contribution in [3.8, 4) is 0 Å². The van der Waals surface area contributed by atoms with E-state index in [0.29, 0.717) is 0 Å². The predicted octanol–water partition coefficient (Wildman–Crippen LogP) is 6.71. The van der Waals surface area contributed by atoms with Crippen molar-refractivity contribution in [1.82, 2.24) is 0 Å². The van der Waals surface area contributed by atoms with Gasteiger partial charge in [0, 0.05) is 0 Å². The maximum absolute atomic E-state index is 2.29. The molecule has 21 heavy (non-hydrogen) atoms. The Kier molecular flexibility index (Phi) is 7.92. The average Bonchev–Trinajstić information content (AvgIpc) is 3.06. The minimum absolute atomic E-state index is 1.12. The summed E-state index contributed by atoms with van der Waals surface area (Å²) in [5.41, 5.74) is 3.16. The van der Waals surface area contributed by atoms with E-state index in [4.69, 9.17) is 0 Å². The molecule has 0 nitrogen and oxygen atoms in total. The molecule has 2 aliphatic carbocycles. The summed E-state index contributed by atoms with van der Waals surface area (Å²) in [5.74, 6) is 1.12. The van der Waals surface area contributed by atoms with Crippen molar-refractivity contribution in [2.75, 3.05) is 0 Å². The fourth-order valence-corrected chi connectivity index (χ4v) is 3.84. The molecular weight excluding hydrogens is 252 g/mol. The van der Waals surface area contributed by atoms with E-state index < -0.39 is 0 Å². The number of unbranched alkanes of at least 4 members (excludes halogenated alkanes) is 3. The lowest BCUT2D eigenvalue weighted by Gasteiger charge is -2.13. The lowest BCUT2D eigenvalue weighted by Crippen LogP contribution is -2.00. The van der Waals surface area contributed by atoms with Gasteiger partial charge in [0.05, 0.1) is 0 Å². The number of aryl methyl sites for hydroxylation is 2. The van der Waals surface area contributed by atoms with Crippen LogP contribution in [0.2, 0.25) is 0 Å². The molecule has 1 aromatic rings. The molecule has 0 saturated heterocycles. The Morgan fingerprint density at radius 2 is 1.43 bits per heavy atom. The summed E-state index contributed by atoms with van der Waals surface area (Å²) >= 11 is 0. The number of fused-ring (bicyclic) bond motifs is 1. The van der Waals surface area contributed by atoms with Gasteiger partial charge in [-0.3, -0.25) is 0 Å². The van der Waals surface area contributed by atoms with Crippen LogP contribution in [-0.4, -0.2) is 0 Å². The number of hydrogen-bond donors (Lipinski definition) is 0. The molecule has 118 valence electrons. The van der Waals surface area contributed by atoms with E-state index in [1.165, 1.54) is 83.5 Å². The smallest absolute Gasteiger partial charge is 0.0276 e. The van der Waals surface area contributed by atoms with Gasteiger partial charge in [0.25, 0.3) is 0 Å². The first-order valence-corrected chi connectivity index (χ1v) is 9.47. The fourth-order valence-electron chi connectivity index (χ4n) is 3.84. The minimum Gasteiger partial charge on any atom is -0.0654 e. The Morgan fingerprint density at radius 3 is 2.00 bits per heavy atom. The normalized spacial score (nSPS) is 18.0. The summed E-state index contributed by atoms with van der Waals surface area (Å²) < 4.78 is 0. The van der Waals surface area contributed by atoms with Gasteiger partial charge in [0.1, 0.15) is 0 Å². The third-order valence-electron chi connectivity index (χ3n) is 5.20. The van der Waals surface area contributed by atoms with Crippen LogP contribution >= 0.6 is 0 Å². The van der Waals surface area contributed by atoms with Crippen molar-refractivity contribution in [3.63, 3.8) is 0 Å². The third kappa shape index (κ3) is 6.24. The zero-order valence-corrected chi connectivity index (χ0v) is 14.1. The largest absolute Gasteiger partial charge is 0.0654 e. The second-order valence-electron chi connectivity index (χ2n) is 6.98. The zero-order chi connectivity index (χ0) is 14.8. The quantitative estimate of drug-likeness (QED) is 0.527. The molecule has 2 aliphatic rings. The highest BCUT2D eigenvalue weighted by molar-refractivity contribution is 5.28. The highest BCUT2D eigenvalue weighted by Crippen LogP contribution is 2.29. The van der Waals surface area contributed by atoms with Crippen LogP contribution in [0.15, 0.2) is 24.3 Å². The van der Waals surface area contributed by atoms with Crippen LogP contribution in [0.1, 0.15) is 88.7 Å². The summed E-state index contributed by atoms with van der Waals surface area (Å²) in [6, 6.07) is 8.80. The van der Waals surface area contributed by atoms with Crippen LogP contribution in [-0.2, 0) is 12.8 Å². The third-order valence-corrected chi connectivity index (χ3v) is 5.20. The molecule has 0 aliphatic heterocycles. The maximum atomic E-state index is 2.29. The van der Waals surface area contributed by atoms with Crippen molar-refractivity contribution in [1.29, 1.82) is 0 Å². The van der Waals surface area contributed by atoms with Crippen molar-refractivity contribution >= 4 is 0 Å². The van der Waals surface area contributed by atoms with Crippen molar-refractivity contribution < 1.29 is 0 Å². The minimum atomic E-state index is 1.12. The van der Waals surface area contributed by atoms with Crippen LogP contribution < -0.4 is 0 Å². The molecule has 1 fully saturated rings. The van der Waals surface area contributed by atoms with Gasteiger partial charge in [0.2, 0.25) is 0 Å². The molecule has 0 heteroatoms. The highest BCUT2D eigenvalue weighted by Gasteiger charge is 2.13. The molecular formula is C21H34. The van der Waals surface area contributed by atoms with Crippen molar-refractivity contribution in [3.05, 3.63) is 35.4 Å². The molecule has 0 heterocycles. The van der Waals surface area contributed by atoms with Gasteiger partial charge in [0.15, 0.2) is 0 Å². The number of rotatable bonds is 5. The van der Waals surface area contributed by atoms with Gasteiger partial charge in [-0.1, -0.05) is 89.0 Å². The topological polar surface area (TPSA) is 0 Å². The van der Waals surface area contributed by atoms with Gasteiger partial charge in [-0.2, -0.15) is 0 Å². The molecule has 0 bridgehead atoms. The second-order valence-corrected chi connectivity index (χ2v) is 6.98. The molecule has 0 atom stereocenters. The molecule has 1 aromatic carbocycles. The van der Waals surface area contributed by atoms with Crippen LogP contribution in [0.3, 0.4) is 0 Å². The number of benzene rings is 1. The van der Waals surface area contributed by atoms with Crippen LogP contribution in [0.5, 0.6) is 0 Å². The maximum Gasteiger partial charge on any atom is -0.0276 e. The molecule has 0 radical (unpaired) electrons. The van der Waals surface area contributed by atoms with Gasteiger partial charge >= 0.3 is 0 Å². The first-order chi connectivity index (χ1) is 10.4. The van der Waals surface area contributed by atoms with Crippen molar-refractivity contribution in [2.24, 2.45) is 5.92 Å². The summed E-state index contributed by atoms with van der Waals surface area (Å²) in [7, 11) is 0. The first-order valence-electron chi connectivity index (χ1n) is 9.47. The monoisotopic (exact) mass is 286 g/mol. The SMILES string of the molecule is CCCCCCC1CCCC1.c1ccc2c(c1)CCCC2. The van der Waals surface area contributed by atoms with Crippen molar-refractivity contribution in [2.45, 2.75) is 90.4 Å². The summed E-state index contributed by atoms with van der Waals surface area (Å²) in [4.78, 5) is 0. The number of hydrogen-bond acceptors (Lipinski definition) is 0. The molecule has 1 saturated carbocycles. The molecule has 0 unspecified atom stereocenters. The fraction of sp³-hybridized carbons (Fsp3) is 0.714. The molecule has 0 aromatic heterocycles. The van der Waals surface area contributed by atoms with Gasteiger partial charge in [-0.05, 0) is 42.7 Å². The Balaban J connectivity index is 0.000000154. The van der Waals surface area contributed by atoms with E-state index in [1.54, 1.807) is 11.1 Å². The van der Waals surface area contributed by atoms with E-state index in [-0.39, 0.29) is 0 Å². The van der Waals surface area contributed by atoms with E-state index in [9.17, 15) is 0 Å². The van der Waals surface area contributed by atoms with Gasteiger partial charge in [-0.25, -0.2) is 0 Å². The van der Waals surface area contributed by atoms with E-state index >= 15 is 0 Å². The first kappa shape index (κ1) is 16.6.